The fourth-order valence-corrected chi connectivity index (χ4v) is 6.02. The minimum Gasteiger partial charge on any atom is -0.493 e. The molecule has 0 saturated carbocycles. The lowest BCUT2D eigenvalue weighted by Gasteiger charge is -2.46. The molecule has 180 valence electrons. The molecule has 7 heteroatoms. The van der Waals surface area contributed by atoms with Crippen LogP contribution in [0, 0.1) is 5.92 Å². The summed E-state index contributed by atoms with van der Waals surface area (Å²) in [6.45, 7) is 8.20. The monoisotopic (exact) mass is 480 g/mol. The number of benzene rings is 2. The van der Waals surface area contributed by atoms with Crippen molar-refractivity contribution in [2.45, 2.75) is 38.3 Å². The Morgan fingerprint density at radius 1 is 1.00 bits per heavy atom. The minimum atomic E-state index is 0.563. The molecule has 3 aliphatic heterocycles. The molecule has 0 bridgehead atoms. The second kappa shape index (κ2) is 9.76. The number of para-hydroxylation sites is 1. The summed E-state index contributed by atoms with van der Waals surface area (Å²) in [7, 11) is 0. The Morgan fingerprint density at radius 2 is 1.88 bits per heavy atom. The molecule has 1 aromatic heterocycles. The van der Waals surface area contributed by atoms with Gasteiger partial charge in [-0.1, -0.05) is 28.9 Å². The largest absolute Gasteiger partial charge is 0.493 e. The van der Waals surface area contributed by atoms with Crippen LogP contribution in [0.15, 0.2) is 47.0 Å². The van der Waals surface area contributed by atoms with Gasteiger partial charge in [-0.3, -0.25) is 9.80 Å². The van der Waals surface area contributed by atoms with Gasteiger partial charge < -0.3 is 14.2 Å². The highest BCUT2D eigenvalue weighted by Crippen LogP contribution is 2.32. The zero-order valence-corrected chi connectivity index (χ0v) is 20.4. The SMILES string of the molecule is Clc1ccc(OC[C@@H]2CC[C@@H]3CN(c4noc5ccccc45)CCN3C2)cc1CN1CCCC1. The van der Waals surface area contributed by atoms with E-state index in [0.717, 1.165) is 66.9 Å². The van der Waals surface area contributed by atoms with Gasteiger partial charge in [-0.2, -0.15) is 0 Å². The highest BCUT2D eigenvalue weighted by Gasteiger charge is 2.34. The van der Waals surface area contributed by atoms with Crippen molar-refractivity contribution >= 4 is 28.4 Å². The van der Waals surface area contributed by atoms with Crippen molar-refractivity contribution < 1.29 is 9.26 Å². The zero-order valence-electron chi connectivity index (χ0n) is 19.7. The number of hydrogen-bond donors (Lipinski definition) is 0. The summed E-state index contributed by atoms with van der Waals surface area (Å²) in [5.41, 5.74) is 2.05. The number of nitrogens with zero attached hydrogens (tertiary/aromatic N) is 4. The van der Waals surface area contributed by atoms with E-state index in [1.165, 1.54) is 44.3 Å². The van der Waals surface area contributed by atoms with E-state index in [-0.39, 0.29) is 0 Å². The second-order valence-electron chi connectivity index (χ2n) is 10.1. The molecule has 3 aromatic rings. The van der Waals surface area contributed by atoms with Gasteiger partial charge in [-0.25, -0.2) is 0 Å². The lowest BCUT2D eigenvalue weighted by molar-refractivity contribution is 0.0726. The normalized spacial score (nSPS) is 24.0. The van der Waals surface area contributed by atoms with Crippen LogP contribution < -0.4 is 9.64 Å². The number of hydrogen-bond acceptors (Lipinski definition) is 6. The smallest absolute Gasteiger partial charge is 0.180 e. The Kier molecular flexibility index (Phi) is 6.37. The topological polar surface area (TPSA) is 45.0 Å². The lowest BCUT2D eigenvalue weighted by Crippen LogP contribution is -2.57. The number of likely N-dealkylation sites (tertiary alicyclic amines) is 1. The average molecular weight is 481 g/mol. The summed E-state index contributed by atoms with van der Waals surface area (Å²) in [4.78, 5) is 7.53. The van der Waals surface area contributed by atoms with E-state index in [0.29, 0.717) is 12.0 Å². The number of piperazine rings is 1. The van der Waals surface area contributed by atoms with Gasteiger partial charge in [0, 0.05) is 49.7 Å². The standard InChI is InChI=1S/C27H33ClN4O2/c28-25-10-9-23(15-21(25)17-30-11-3-4-12-30)33-19-20-7-8-22-18-32(14-13-31(22)16-20)27-24-5-1-2-6-26(24)34-29-27/h1-2,5-6,9-10,15,20,22H,3-4,7-8,11-14,16-19H2/t20-,22-/m1/s1. The molecule has 2 aromatic carbocycles. The van der Waals surface area contributed by atoms with Crippen molar-refractivity contribution in [3.05, 3.63) is 53.1 Å². The third-order valence-corrected chi connectivity index (χ3v) is 8.13. The third-order valence-electron chi connectivity index (χ3n) is 7.76. The quantitative estimate of drug-likeness (QED) is 0.491. The maximum absolute atomic E-state index is 6.48. The molecule has 2 atom stereocenters. The maximum atomic E-state index is 6.48. The summed E-state index contributed by atoms with van der Waals surface area (Å²) < 4.78 is 11.8. The summed E-state index contributed by atoms with van der Waals surface area (Å²) in [5.74, 6) is 2.50. The van der Waals surface area contributed by atoms with Gasteiger partial charge in [-0.15, -0.1) is 0 Å². The van der Waals surface area contributed by atoms with Gasteiger partial charge in [0.25, 0.3) is 0 Å². The molecular weight excluding hydrogens is 448 g/mol. The van der Waals surface area contributed by atoms with Crippen LogP contribution >= 0.6 is 11.6 Å². The van der Waals surface area contributed by atoms with Crippen LogP contribution in [-0.2, 0) is 6.54 Å². The first-order valence-corrected chi connectivity index (χ1v) is 13.1. The Balaban J connectivity index is 1.03. The number of rotatable bonds is 6. The molecule has 3 fully saturated rings. The number of anilines is 1. The number of halogens is 1. The van der Waals surface area contributed by atoms with Crippen LogP contribution in [0.4, 0.5) is 5.82 Å². The summed E-state index contributed by atoms with van der Waals surface area (Å²) >= 11 is 6.48. The first-order valence-electron chi connectivity index (χ1n) is 12.7. The predicted molar refractivity (Wildman–Crippen MR) is 136 cm³/mol. The van der Waals surface area contributed by atoms with Crippen molar-refractivity contribution in [2.24, 2.45) is 5.92 Å². The van der Waals surface area contributed by atoms with E-state index < -0.39 is 0 Å². The van der Waals surface area contributed by atoms with Gasteiger partial charge in [0.1, 0.15) is 5.75 Å². The van der Waals surface area contributed by atoms with Crippen LogP contribution in [0.1, 0.15) is 31.2 Å². The number of piperidine rings is 1. The van der Waals surface area contributed by atoms with Crippen molar-refractivity contribution in [1.29, 1.82) is 0 Å². The zero-order chi connectivity index (χ0) is 22.9. The molecule has 3 aliphatic rings. The lowest BCUT2D eigenvalue weighted by atomic mass is 9.91. The highest BCUT2D eigenvalue weighted by atomic mass is 35.5. The second-order valence-corrected chi connectivity index (χ2v) is 10.5. The minimum absolute atomic E-state index is 0.563. The molecule has 0 radical (unpaired) electrons. The van der Waals surface area contributed by atoms with E-state index in [1.807, 2.05) is 24.3 Å². The fourth-order valence-electron chi connectivity index (χ4n) is 5.84. The van der Waals surface area contributed by atoms with Crippen LogP contribution in [0.2, 0.25) is 5.02 Å². The highest BCUT2D eigenvalue weighted by molar-refractivity contribution is 6.31. The Bertz CT molecular complexity index is 1130. The molecule has 4 heterocycles. The molecule has 0 N–H and O–H groups in total. The van der Waals surface area contributed by atoms with Crippen LogP contribution in [-0.4, -0.2) is 66.9 Å². The maximum Gasteiger partial charge on any atom is 0.180 e. The van der Waals surface area contributed by atoms with E-state index in [9.17, 15) is 0 Å². The van der Waals surface area contributed by atoms with Gasteiger partial charge in [-0.05, 0) is 74.7 Å². The average Bonchev–Trinajstić information content (AvgIpc) is 3.54. The number of aromatic nitrogens is 1. The Hall–Kier alpha value is -2.28. The molecule has 34 heavy (non-hydrogen) atoms. The van der Waals surface area contributed by atoms with Gasteiger partial charge in [0.2, 0.25) is 0 Å². The Labute approximate surface area is 206 Å². The molecule has 0 spiro atoms. The van der Waals surface area contributed by atoms with Crippen LogP contribution in [0.5, 0.6) is 5.75 Å². The molecule has 0 aliphatic carbocycles. The van der Waals surface area contributed by atoms with Crippen molar-refractivity contribution in [3.8, 4) is 5.75 Å². The van der Waals surface area contributed by atoms with Gasteiger partial charge >= 0.3 is 0 Å². The molecule has 0 amide bonds. The first-order chi connectivity index (χ1) is 16.7. The number of ether oxygens (including phenoxy) is 1. The summed E-state index contributed by atoms with van der Waals surface area (Å²) in [6.07, 6.45) is 4.98. The van der Waals surface area contributed by atoms with E-state index in [4.69, 9.17) is 20.9 Å². The predicted octanol–water partition coefficient (Wildman–Crippen LogP) is 5.06. The molecule has 0 unspecified atom stereocenters. The van der Waals surface area contributed by atoms with Crippen molar-refractivity contribution in [3.63, 3.8) is 0 Å². The molecular formula is C27H33ClN4O2. The molecule has 3 saturated heterocycles. The van der Waals surface area contributed by atoms with Crippen molar-refractivity contribution in [2.75, 3.05) is 50.8 Å². The Morgan fingerprint density at radius 3 is 2.79 bits per heavy atom. The van der Waals surface area contributed by atoms with Crippen LogP contribution in [0.25, 0.3) is 11.0 Å². The fraction of sp³-hybridized carbons (Fsp3) is 0.519. The third kappa shape index (κ3) is 4.64. The van der Waals surface area contributed by atoms with E-state index in [2.05, 4.69) is 38.1 Å². The van der Waals surface area contributed by atoms with Crippen LogP contribution in [0.3, 0.4) is 0 Å². The molecule has 6 nitrogen and oxygen atoms in total. The summed E-state index contributed by atoms with van der Waals surface area (Å²) in [6, 6.07) is 14.9. The van der Waals surface area contributed by atoms with E-state index >= 15 is 0 Å². The van der Waals surface area contributed by atoms with Gasteiger partial charge in [0.15, 0.2) is 11.4 Å². The summed E-state index contributed by atoms with van der Waals surface area (Å²) in [5, 5.41) is 6.34. The molecule has 6 rings (SSSR count). The van der Waals surface area contributed by atoms with Crippen molar-refractivity contribution in [1.82, 2.24) is 15.0 Å². The van der Waals surface area contributed by atoms with Gasteiger partial charge in [0.05, 0.1) is 12.0 Å². The first kappa shape index (κ1) is 22.2. The van der Waals surface area contributed by atoms with E-state index in [1.54, 1.807) is 0 Å². The number of fused-ring (bicyclic) bond motifs is 2.